The third kappa shape index (κ3) is 3.15. The highest BCUT2D eigenvalue weighted by molar-refractivity contribution is 6.44. The van der Waals surface area contributed by atoms with Gasteiger partial charge in [0.1, 0.15) is 5.82 Å². The summed E-state index contributed by atoms with van der Waals surface area (Å²) in [6, 6.07) is 6.56. The number of methoxy groups -OCH3 is 1. The maximum atomic E-state index is 6.07. The van der Waals surface area contributed by atoms with Gasteiger partial charge in [0.05, 0.1) is 33.6 Å². The zero-order chi connectivity index (χ0) is 14.0. The second kappa shape index (κ2) is 5.74. The summed E-state index contributed by atoms with van der Waals surface area (Å²) in [6.45, 7) is 0. The van der Waals surface area contributed by atoms with Gasteiger partial charge >= 0.3 is 0 Å². The van der Waals surface area contributed by atoms with Crippen molar-refractivity contribution in [3.8, 4) is 5.88 Å². The fourth-order valence-corrected chi connectivity index (χ4v) is 2.03. The number of pyridine rings is 1. The van der Waals surface area contributed by atoms with Crippen LogP contribution in [0.1, 0.15) is 0 Å². The van der Waals surface area contributed by atoms with Gasteiger partial charge in [-0.3, -0.25) is 0 Å². The Labute approximate surface area is 125 Å². The number of ether oxygens (including phenoxy) is 1. The quantitative estimate of drug-likeness (QED) is 0.825. The predicted octanol–water partition coefficient (Wildman–Crippen LogP) is 4.38. The molecule has 0 fully saturated rings. The van der Waals surface area contributed by atoms with E-state index < -0.39 is 0 Å². The van der Waals surface area contributed by atoms with Gasteiger partial charge in [-0.25, -0.2) is 0 Å². The number of nitrogen functional groups attached to an aromatic ring is 1. The van der Waals surface area contributed by atoms with Gasteiger partial charge in [-0.2, -0.15) is 4.98 Å². The Morgan fingerprint density at radius 1 is 1.11 bits per heavy atom. The summed E-state index contributed by atoms with van der Waals surface area (Å²) in [5, 5.41) is 4.25. The number of halogens is 3. The fraction of sp³-hybridized carbons (Fsp3) is 0.0833. The van der Waals surface area contributed by atoms with Crippen LogP contribution in [0, 0.1) is 0 Å². The summed E-state index contributed by atoms with van der Waals surface area (Å²) in [4.78, 5) is 4.19. The van der Waals surface area contributed by atoms with Crippen LogP contribution in [0.3, 0.4) is 0 Å². The maximum Gasteiger partial charge on any atom is 0.238 e. The number of hydrogen-bond donors (Lipinski definition) is 2. The molecule has 0 bridgehead atoms. The Morgan fingerprint density at radius 2 is 1.79 bits per heavy atom. The Balaban J connectivity index is 2.33. The van der Waals surface area contributed by atoms with Crippen LogP contribution in [0.4, 0.5) is 17.2 Å². The molecule has 7 heteroatoms. The standard InChI is InChI=1S/C12H10Cl3N3O/c1-19-12-9(16)2-3-11(18-12)17-10-5-7(14)6(13)4-8(10)15/h2-5H,16H2,1H3,(H,17,18). The number of benzene rings is 1. The number of nitrogens with two attached hydrogens (primary N) is 1. The van der Waals surface area contributed by atoms with E-state index in [1.54, 1.807) is 24.3 Å². The summed E-state index contributed by atoms with van der Waals surface area (Å²) < 4.78 is 5.04. The van der Waals surface area contributed by atoms with E-state index in [0.717, 1.165) is 0 Å². The molecule has 2 aromatic rings. The lowest BCUT2D eigenvalue weighted by Crippen LogP contribution is -1.99. The third-order valence-corrected chi connectivity index (χ3v) is 3.39. The van der Waals surface area contributed by atoms with Crippen LogP contribution in [-0.2, 0) is 0 Å². The topological polar surface area (TPSA) is 60.2 Å². The summed E-state index contributed by atoms with van der Waals surface area (Å²) in [5.74, 6) is 0.868. The van der Waals surface area contributed by atoms with Gasteiger partial charge < -0.3 is 15.8 Å². The predicted molar refractivity (Wildman–Crippen MR) is 80.0 cm³/mol. The molecule has 4 nitrogen and oxygen atoms in total. The average Bonchev–Trinajstić information content (AvgIpc) is 2.38. The van der Waals surface area contributed by atoms with E-state index in [2.05, 4.69) is 10.3 Å². The van der Waals surface area contributed by atoms with E-state index in [0.29, 0.717) is 38.1 Å². The minimum absolute atomic E-state index is 0.334. The molecule has 0 amide bonds. The molecular formula is C12H10Cl3N3O. The minimum atomic E-state index is 0.334. The highest BCUT2D eigenvalue weighted by atomic mass is 35.5. The van der Waals surface area contributed by atoms with Crippen LogP contribution in [0.5, 0.6) is 5.88 Å². The van der Waals surface area contributed by atoms with Crippen LogP contribution in [0.2, 0.25) is 15.1 Å². The first-order valence-electron chi connectivity index (χ1n) is 5.23. The van der Waals surface area contributed by atoms with E-state index in [9.17, 15) is 0 Å². The van der Waals surface area contributed by atoms with Crippen LogP contribution < -0.4 is 15.8 Å². The first-order chi connectivity index (χ1) is 9.01. The van der Waals surface area contributed by atoms with Crippen molar-refractivity contribution in [3.05, 3.63) is 39.3 Å². The van der Waals surface area contributed by atoms with Gasteiger partial charge in [-0.05, 0) is 24.3 Å². The van der Waals surface area contributed by atoms with Crippen LogP contribution in [-0.4, -0.2) is 12.1 Å². The molecule has 3 N–H and O–H groups in total. The third-order valence-electron chi connectivity index (χ3n) is 2.36. The van der Waals surface area contributed by atoms with Crippen molar-refractivity contribution in [1.29, 1.82) is 0 Å². The van der Waals surface area contributed by atoms with E-state index >= 15 is 0 Å². The number of nitrogens with zero attached hydrogens (tertiary/aromatic N) is 1. The molecule has 19 heavy (non-hydrogen) atoms. The van der Waals surface area contributed by atoms with Crippen LogP contribution in [0.25, 0.3) is 0 Å². The van der Waals surface area contributed by atoms with E-state index in [4.69, 9.17) is 45.3 Å². The monoisotopic (exact) mass is 317 g/mol. The molecule has 0 unspecified atom stereocenters. The van der Waals surface area contributed by atoms with Gasteiger partial charge in [0, 0.05) is 0 Å². The van der Waals surface area contributed by atoms with E-state index in [1.165, 1.54) is 7.11 Å². The smallest absolute Gasteiger partial charge is 0.238 e. The Morgan fingerprint density at radius 3 is 2.47 bits per heavy atom. The number of rotatable bonds is 3. The van der Waals surface area contributed by atoms with Gasteiger partial charge in [-0.15, -0.1) is 0 Å². The normalized spacial score (nSPS) is 10.3. The summed E-state index contributed by atoms with van der Waals surface area (Å²) >= 11 is 17.9. The average molecular weight is 319 g/mol. The second-order valence-corrected chi connectivity index (χ2v) is 4.89. The molecule has 0 aliphatic carbocycles. The molecule has 1 heterocycles. The molecule has 2 rings (SSSR count). The Kier molecular flexibility index (Phi) is 4.24. The van der Waals surface area contributed by atoms with E-state index in [1.807, 2.05) is 0 Å². The lowest BCUT2D eigenvalue weighted by molar-refractivity contribution is 0.401. The molecule has 1 aromatic carbocycles. The van der Waals surface area contributed by atoms with Crippen molar-refractivity contribution in [1.82, 2.24) is 4.98 Å². The van der Waals surface area contributed by atoms with Crippen molar-refractivity contribution >= 4 is 52.0 Å². The molecule has 0 aliphatic rings. The first kappa shape index (κ1) is 14.1. The van der Waals surface area contributed by atoms with Crippen LogP contribution >= 0.6 is 34.8 Å². The number of aromatic nitrogens is 1. The molecule has 0 atom stereocenters. The molecular weight excluding hydrogens is 309 g/mol. The molecule has 0 saturated heterocycles. The van der Waals surface area contributed by atoms with Gasteiger partial charge in [0.2, 0.25) is 5.88 Å². The summed E-state index contributed by atoms with van der Waals surface area (Å²) in [5.41, 5.74) is 6.73. The Bertz CT molecular complexity index is 619. The van der Waals surface area contributed by atoms with Gasteiger partial charge in [0.25, 0.3) is 0 Å². The lowest BCUT2D eigenvalue weighted by Gasteiger charge is -2.11. The van der Waals surface area contributed by atoms with Crippen molar-refractivity contribution in [2.45, 2.75) is 0 Å². The number of nitrogens with one attached hydrogen (secondary N) is 1. The highest BCUT2D eigenvalue weighted by Gasteiger charge is 2.08. The van der Waals surface area contributed by atoms with Crippen molar-refractivity contribution in [2.24, 2.45) is 0 Å². The van der Waals surface area contributed by atoms with Gasteiger partial charge in [0.15, 0.2) is 0 Å². The van der Waals surface area contributed by atoms with Crippen molar-refractivity contribution in [2.75, 3.05) is 18.2 Å². The van der Waals surface area contributed by atoms with Crippen molar-refractivity contribution < 1.29 is 4.74 Å². The Hall–Kier alpha value is -1.36. The summed E-state index contributed by atoms with van der Waals surface area (Å²) in [6.07, 6.45) is 0. The molecule has 0 spiro atoms. The number of hydrogen-bond acceptors (Lipinski definition) is 4. The SMILES string of the molecule is COc1nc(Nc2cc(Cl)c(Cl)cc2Cl)ccc1N. The second-order valence-electron chi connectivity index (χ2n) is 3.67. The van der Waals surface area contributed by atoms with Gasteiger partial charge in [-0.1, -0.05) is 34.8 Å². The summed E-state index contributed by atoms with van der Waals surface area (Å²) in [7, 11) is 1.49. The lowest BCUT2D eigenvalue weighted by atomic mass is 10.3. The fourth-order valence-electron chi connectivity index (χ4n) is 1.44. The van der Waals surface area contributed by atoms with E-state index in [-0.39, 0.29) is 0 Å². The highest BCUT2D eigenvalue weighted by Crippen LogP contribution is 2.34. The molecule has 0 radical (unpaired) electrons. The first-order valence-corrected chi connectivity index (χ1v) is 6.36. The molecule has 1 aromatic heterocycles. The molecule has 0 aliphatic heterocycles. The number of anilines is 3. The molecule has 100 valence electrons. The zero-order valence-electron chi connectivity index (χ0n) is 9.88. The minimum Gasteiger partial charge on any atom is -0.479 e. The molecule has 0 saturated carbocycles. The van der Waals surface area contributed by atoms with Crippen LogP contribution in [0.15, 0.2) is 24.3 Å². The maximum absolute atomic E-state index is 6.07. The van der Waals surface area contributed by atoms with Crippen molar-refractivity contribution in [3.63, 3.8) is 0 Å². The zero-order valence-corrected chi connectivity index (χ0v) is 12.1. The largest absolute Gasteiger partial charge is 0.479 e.